The molecule has 4 heteroatoms. The quantitative estimate of drug-likeness (QED) is 0.791. The standard InChI is InChI=1S/C10H14F2N2/c1-6(13)7-4-5-8(11)9(12)10(7)14(2)3/h4-6H,13H2,1-3H3/t6-/m0/s1. The molecule has 0 aromatic heterocycles. The molecule has 0 bridgehead atoms. The van der Waals surface area contributed by atoms with E-state index in [-0.39, 0.29) is 11.7 Å². The first-order valence-corrected chi connectivity index (χ1v) is 4.36. The van der Waals surface area contributed by atoms with Gasteiger partial charge in [0.15, 0.2) is 11.6 Å². The number of rotatable bonds is 2. The van der Waals surface area contributed by atoms with E-state index in [9.17, 15) is 8.78 Å². The topological polar surface area (TPSA) is 29.3 Å². The molecule has 0 fully saturated rings. The van der Waals surface area contributed by atoms with Gasteiger partial charge in [0.2, 0.25) is 0 Å². The molecule has 0 aliphatic carbocycles. The van der Waals surface area contributed by atoms with Crippen LogP contribution in [0.15, 0.2) is 12.1 Å². The molecule has 0 spiro atoms. The summed E-state index contributed by atoms with van der Waals surface area (Å²) >= 11 is 0. The van der Waals surface area contributed by atoms with Gasteiger partial charge in [-0.1, -0.05) is 6.07 Å². The summed E-state index contributed by atoms with van der Waals surface area (Å²) in [5.74, 6) is -1.69. The fourth-order valence-corrected chi connectivity index (χ4v) is 1.38. The Morgan fingerprint density at radius 3 is 2.29 bits per heavy atom. The molecule has 0 radical (unpaired) electrons. The van der Waals surface area contributed by atoms with E-state index in [0.717, 1.165) is 6.07 Å². The zero-order valence-corrected chi connectivity index (χ0v) is 8.51. The molecule has 1 rings (SSSR count). The predicted octanol–water partition coefficient (Wildman–Crippen LogP) is 2.05. The van der Waals surface area contributed by atoms with Crippen LogP contribution in [0.3, 0.4) is 0 Å². The van der Waals surface area contributed by atoms with Crippen LogP contribution in [-0.2, 0) is 0 Å². The predicted molar refractivity (Wildman–Crippen MR) is 53.3 cm³/mol. The fraction of sp³-hybridized carbons (Fsp3) is 0.400. The molecule has 14 heavy (non-hydrogen) atoms. The highest BCUT2D eigenvalue weighted by Crippen LogP contribution is 2.28. The summed E-state index contributed by atoms with van der Waals surface area (Å²) in [7, 11) is 3.31. The minimum absolute atomic E-state index is 0.222. The van der Waals surface area contributed by atoms with Crippen molar-refractivity contribution in [3.63, 3.8) is 0 Å². The molecule has 2 nitrogen and oxygen atoms in total. The number of hydrogen-bond acceptors (Lipinski definition) is 2. The summed E-state index contributed by atoms with van der Waals surface area (Å²) in [5, 5.41) is 0. The molecule has 0 unspecified atom stereocenters. The lowest BCUT2D eigenvalue weighted by Crippen LogP contribution is -2.18. The minimum atomic E-state index is -0.849. The van der Waals surface area contributed by atoms with Crippen molar-refractivity contribution in [1.82, 2.24) is 0 Å². The van der Waals surface area contributed by atoms with Gasteiger partial charge in [0, 0.05) is 20.1 Å². The van der Waals surface area contributed by atoms with Crippen molar-refractivity contribution in [3.8, 4) is 0 Å². The van der Waals surface area contributed by atoms with Crippen LogP contribution in [0.4, 0.5) is 14.5 Å². The molecule has 0 saturated heterocycles. The number of benzene rings is 1. The summed E-state index contributed by atoms with van der Waals surface area (Å²) in [6.45, 7) is 1.74. The summed E-state index contributed by atoms with van der Waals surface area (Å²) in [5.41, 5.74) is 6.48. The SMILES string of the molecule is C[C@H](N)c1ccc(F)c(F)c1N(C)C. The van der Waals surface area contributed by atoms with E-state index in [0.29, 0.717) is 5.56 Å². The third-order valence-electron chi connectivity index (χ3n) is 2.04. The normalized spacial score (nSPS) is 12.7. The molecule has 78 valence electrons. The van der Waals surface area contributed by atoms with E-state index in [2.05, 4.69) is 0 Å². The van der Waals surface area contributed by atoms with Crippen molar-refractivity contribution in [3.05, 3.63) is 29.3 Å². The zero-order valence-electron chi connectivity index (χ0n) is 8.51. The van der Waals surface area contributed by atoms with Crippen molar-refractivity contribution in [2.75, 3.05) is 19.0 Å². The van der Waals surface area contributed by atoms with Gasteiger partial charge in [-0.05, 0) is 18.6 Å². The van der Waals surface area contributed by atoms with Crippen LogP contribution in [0, 0.1) is 11.6 Å². The number of halogens is 2. The van der Waals surface area contributed by atoms with Crippen LogP contribution >= 0.6 is 0 Å². The molecule has 1 aromatic rings. The molecule has 0 heterocycles. The van der Waals surface area contributed by atoms with Crippen molar-refractivity contribution in [2.24, 2.45) is 5.73 Å². The van der Waals surface area contributed by atoms with Crippen LogP contribution in [0.1, 0.15) is 18.5 Å². The van der Waals surface area contributed by atoms with Crippen molar-refractivity contribution < 1.29 is 8.78 Å². The van der Waals surface area contributed by atoms with Crippen LogP contribution in [0.5, 0.6) is 0 Å². The smallest absolute Gasteiger partial charge is 0.182 e. The molecule has 0 amide bonds. The Kier molecular flexibility index (Phi) is 3.06. The van der Waals surface area contributed by atoms with Gasteiger partial charge in [0.1, 0.15) is 0 Å². The maximum absolute atomic E-state index is 13.4. The highest BCUT2D eigenvalue weighted by molar-refractivity contribution is 5.55. The fourth-order valence-electron chi connectivity index (χ4n) is 1.38. The van der Waals surface area contributed by atoms with Gasteiger partial charge in [-0.3, -0.25) is 0 Å². The van der Waals surface area contributed by atoms with Gasteiger partial charge in [0.05, 0.1) is 5.69 Å². The van der Waals surface area contributed by atoms with E-state index in [4.69, 9.17) is 5.73 Å². The van der Waals surface area contributed by atoms with Crippen molar-refractivity contribution in [2.45, 2.75) is 13.0 Å². The Hall–Kier alpha value is -1.16. The maximum atomic E-state index is 13.4. The lowest BCUT2D eigenvalue weighted by molar-refractivity contribution is 0.506. The minimum Gasteiger partial charge on any atom is -0.375 e. The summed E-state index contributed by atoms with van der Waals surface area (Å²) in [4.78, 5) is 1.52. The van der Waals surface area contributed by atoms with Gasteiger partial charge < -0.3 is 10.6 Å². The monoisotopic (exact) mass is 200 g/mol. The van der Waals surface area contributed by atoms with Crippen molar-refractivity contribution >= 4 is 5.69 Å². The van der Waals surface area contributed by atoms with Crippen LogP contribution < -0.4 is 10.6 Å². The third kappa shape index (κ3) is 1.85. The van der Waals surface area contributed by atoms with E-state index < -0.39 is 11.6 Å². The molecule has 1 aromatic carbocycles. The van der Waals surface area contributed by atoms with Gasteiger partial charge in [0.25, 0.3) is 0 Å². The van der Waals surface area contributed by atoms with Crippen LogP contribution in [0.2, 0.25) is 0 Å². The van der Waals surface area contributed by atoms with Gasteiger partial charge in [-0.2, -0.15) is 0 Å². The first-order valence-electron chi connectivity index (χ1n) is 4.36. The number of nitrogens with two attached hydrogens (primary N) is 1. The van der Waals surface area contributed by atoms with Gasteiger partial charge in [-0.25, -0.2) is 8.78 Å². The average Bonchev–Trinajstić information content (AvgIpc) is 2.08. The maximum Gasteiger partial charge on any atom is 0.182 e. The molecular formula is C10H14F2N2. The van der Waals surface area contributed by atoms with E-state index in [1.807, 2.05) is 0 Å². The number of anilines is 1. The van der Waals surface area contributed by atoms with Gasteiger partial charge in [-0.15, -0.1) is 0 Å². The van der Waals surface area contributed by atoms with E-state index in [1.54, 1.807) is 21.0 Å². The Bertz CT molecular complexity index is 335. The van der Waals surface area contributed by atoms with E-state index in [1.165, 1.54) is 11.0 Å². The van der Waals surface area contributed by atoms with Gasteiger partial charge >= 0.3 is 0 Å². The molecule has 0 saturated carbocycles. The lowest BCUT2D eigenvalue weighted by atomic mass is 10.1. The first-order chi connectivity index (χ1) is 6.45. The number of nitrogens with zero attached hydrogens (tertiary/aromatic N) is 1. The molecule has 2 N–H and O–H groups in total. The average molecular weight is 200 g/mol. The molecule has 0 aliphatic rings. The summed E-state index contributed by atoms with van der Waals surface area (Å²) < 4.78 is 26.3. The summed E-state index contributed by atoms with van der Waals surface area (Å²) in [6.07, 6.45) is 0. The molecule has 0 aliphatic heterocycles. The third-order valence-corrected chi connectivity index (χ3v) is 2.04. The lowest BCUT2D eigenvalue weighted by Gasteiger charge is -2.20. The van der Waals surface area contributed by atoms with Crippen LogP contribution in [-0.4, -0.2) is 14.1 Å². The highest BCUT2D eigenvalue weighted by Gasteiger charge is 2.16. The Balaban J connectivity index is 3.38. The Labute approximate surface area is 82.3 Å². The van der Waals surface area contributed by atoms with Crippen LogP contribution in [0.25, 0.3) is 0 Å². The highest BCUT2D eigenvalue weighted by atomic mass is 19.2. The van der Waals surface area contributed by atoms with Crippen molar-refractivity contribution in [1.29, 1.82) is 0 Å². The molecular weight excluding hydrogens is 186 g/mol. The Morgan fingerprint density at radius 1 is 1.29 bits per heavy atom. The Morgan fingerprint density at radius 2 is 1.86 bits per heavy atom. The summed E-state index contributed by atoms with van der Waals surface area (Å²) in [6, 6.07) is 2.29. The second kappa shape index (κ2) is 3.92. The van der Waals surface area contributed by atoms with E-state index >= 15 is 0 Å². The zero-order chi connectivity index (χ0) is 10.9. The number of hydrogen-bond donors (Lipinski definition) is 1. The largest absolute Gasteiger partial charge is 0.375 e. The molecule has 1 atom stereocenters. The second-order valence-electron chi connectivity index (χ2n) is 3.48. The second-order valence-corrected chi connectivity index (χ2v) is 3.48. The first kappa shape index (κ1) is 10.9.